The lowest BCUT2D eigenvalue weighted by Crippen LogP contribution is -2.63. The quantitative estimate of drug-likeness (QED) is 0.847. The average Bonchev–Trinajstić information content (AvgIpc) is 2.45. The molecule has 0 radical (unpaired) electrons. The van der Waals surface area contributed by atoms with E-state index in [1.807, 2.05) is 6.07 Å². The first-order chi connectivity index (χ1) is 9.52. The zero-order valence-corrected chi connectivity index (χ0v) is 13.0. The average molecular weight is 279 g/mol. The summed E-state index contributed by atoms with van der Waals surface area (Å²) in [6.07, 6.45) is 3.22. The van der Waals surface area contributed by atoms with Crippen molar-refractivity contribution in [2.45, 2.75) is 59.1 Å². The monoisotopic (exact) mass is 279 g/mol. The lowest BCUT2D eigenvalue weighted by molar-refractivity contribution is -0.0716. The second kappa shape index (κ2) is 6.13. The third-order valence-electron chi connectivity index (χ3n) is 4.81. The Balaban J connectivity index is 2.05. The predicted molar refractivity (Wildman–Crippen MR) is 80.6 cm³/mol. The molecule has 0 aromatic heterocycles. The molecule has 1 N–H and O–H groups in total. The molecule has 0 spiro atoms. The van der Waals surface area contributed by atoms with Crippen LogP contribution < -0.4 is 10.1 Å². The highest BCUT2D eigenvalue weighted by Gasteiger charge is 2.51. The molecule has 3 heteroatoms. The predicted octanol–water partition coefficient (Wildman–Crippen LogP) is 4.07. The Morgan fingerprint density at radius 1 is 1.40 bits per heavy atom. The zero-order chi connectivity index (χ0) is 14.8. The molecule has 2 nitrogen and oxygen atoms in total. The van der Waals surface area contributed by atoms with Gasteiger partial charge in [-0.25, -0.2) is 4.39 Å². The Kier molecular flexibility index (Phi) is 4.69. The van der Waals surface area contributed by atoms with E-state index in [1.165, 1.54) is 0 Å². The summed E-state index contributed by atoms with van der Waals surface area (Å²) in [6, 6.07) is 5.83. The van der Waals surface area contributed by atoms with Crippen molar-refractivity contribution in [1.82, 2.24) is 5.32 Å². The molecule has 1 aliphatic rings. The second-order valence-corrected chi connectivity index (χ2v) is 6.10. The van der Waals surface area contributed by atoms with Crippen LogP contribution in [0, 0.1) is 18.2 Å². The van der Waals surface area contributed by atoms with Gasteiger partial charge in [-0.15, -0.1) is 0 Å². The van der Waals surface area contributed by atoms with Crippen molar-refractivity contribution in [2.24, 2.45) is 5.41 Å². The minimum Gasteiger partial charge on any atom is -0.487 e. The van der Waals surface area contributed by atoms with E-state index in [-0.39, 0.29) is 17.3 Å². The zero-order valence-electron chi connectivity index (χ0n) is 13.0. The van der Waals surface area contributed by atoms with E-state index in [0.717, 1.165) is 25.8 Å². The fraction of sp³-hybridized carbons (Fsp3) is 0.647. The Hall–Kier alpha value is -1.09. The summed E-state index contributed by atoms with van der Waals surface area (Å²) in [5.74, 6) is 0.166. The normalized spacial score (nSPS) is 29.1. The van der Waals surface area contributed by atoms with E-state index in [1.54, 1.807) is 19.1 Å². The van der Waals surface area contributed by atoms with E-state index >= 15 is 0 Å². The summed E-state index contributed by atoms with van der Waals surface area (Å²) in [4.78, 5) is 0. The topological polar surface area (TPSA) is 21.3 Å². The first-order valence-corrected chi connectivity index (χ1v) is 7.68. The van der Waals surface area contributed by atoms with Gasteiger partial charge in [0.05, 0.1) is 0 Å². The van der Waals surface area contributed by atoms with Gasteiger partial charge in [0, 0.05) is 17.9 Å². The number of nitrogens with one attached hydrogen (secondary N) is 1. The summed E-state index contributed by atoms with van der Waals surface area (Å²) < 4.78 is 20.0. The van der Waals surface area contributed by atoms with Crippen molar-refractivity contribution >= 4 is 0 Å². The molecule has 1 saturated carbocycles. The SMILES string of the molecule is CCCNC1CC(Oc2cccc(C)c2F)C1(C)CC. The number of hydrogen-bond donors (Lipinski definition) is 1. The van der Waals surface area contributed by atoms with Gasteiger partial charge in [0.25, 0.3) is 0 Å². The van der Waals surface area contributed by atoms with Crippen LogP contribution in [0.3, 0.4) is 0 Å². The van der Waals surface area contributed by atoms with Gasteiger partial charge in [-0.3, -0.25) is 0 Å². The van der Waals surface area contributed by atoms with Gasteiger partial charge in [0.1, 0.15) is 6.10 Å². The van der Waals surface area contributed by atoms with Gasteiger partial charge in [-0.05, 0) is 37.9 Å². The number of benzene rings is 1. The van der Waals surface area contributed by atoms with Crippen LogP contribution in [0.4, 0.5) is 4.39 Å². The van der Waals surface area contributed by atoms with E-state index in [2.05, 4.69) is 26.1 Å². The molecule has 1 aromatic carbocycles. The third kappa shape index (κ3) is 2.69. The molecule has 1 aromatic rings. The summed E-state index contributed by atoms with van der Waals surface area (Å²) in [6.45, 7) is 9.40. The van der Waals surface area contributed by atoms with Crippen LogP contribution in [0.5, 0.6) is 5.75 Å². The Labute approximate surface area is 121 Å². The van der Waals surface area contributed by atoms with Crippen LogP contribution in [0.25, 0.3) is 0 Å². The van der Waals surface area contributed by atoms with Gasteiger partial charge in [0.2, 0.25) is 0 Å². The summed E-state index contributed by atoms with van der Waals surface area (Å²) >= 11 is 0. The molecule has 3 unspecified atom stereocenters. The van der Waals surface area contributed by atoms with Gasteiger partial charge < -0.3 is 10.1 Å². The molecule has 20 heavy (non-hydrogen) atoms. The molecule has 0 aliphatic heterocycles. The standard InChI is InChI=1S/C17H26FNO/c1-5-10-19-14-11-15(17(14,4)6-2)20-13-9-7-8-12(3)16(13)18/h7-9,14-15,19H,5-6,10-11H2,1-4H3. The first kappa shape index (κ1) is 15.3. The molecule has 0 bridgehead atoms. The van der Waals surface area contributed by atoms with Crippen molar-refractivity contribution in [1.29, 1.82) is 0 Å². The Bertz CT molecular complexity index is 462. The van der Waals surface area contributed by atoms with E-state index in [0.29, 0.717) is 17.4 Å². The third-order valence-corrected chi connectivity index (χ3v) is 4.81. The van der Waals surface area contributed by atoms with Crippen molar-refractivity contribution < 1.29 is 9.13 Å². The molecule has 3 atom stereocenters. The highest BCUT2D eigenvalue weighted by Crippen LogP contribution is 2.46. The second-order valence-electron chi connectivity index (χ2n) is 6.10. The van der Waals surface area contributed by atoms with Crippen LogP contribution >= 0.6 is 0 Å². The lowest BCUT2D eigenvalue weighted by Gasteiger charge is -2.53. The fourth-order valence-electron chi connectivity index (χ4n) is 2.97. The number of halogens is 1. The van der Waals surface area contributed by atoms with Crippen LogP contribution in [0.2, 0.25) is 0 Å². The Morgan fingerprint density at radius 3 is 2.80 bits per heavy atom. The minimum atomic E-state index is -0.226. The first-order valence-electron chi connectivity index (χ1n) is 7.68. The number of rotatable bonds is 6. The largest absolute Gasteiger partial charge is 0.487 e. The lowest BCUT2D eigenvalue weighted by atomic mass is 9.61. The molecule has 0 heterocycles. The van der Waals surface area contributed by atoms with Gasteiger partial charge in [-0.2, -0.15) is 0 Å². The van der Waals surface area contributed by atoms with Crippen molar-refractivity contribution in [2.75, 3.05) is 6.54 Å². The van der Waals surface area contributed by atoms with Gasteiger partial charge in [-0.1, -0.05) is 32.9 Å². The maximum atomic E-state index is 14.0. The molecule has 1 fully saturated rings. The Morgan fingerprint density at radius 2 is 2.15 bits per heavy atom. The maximum absolute atomic E-state index is 14.0. The van der Waals surface area contributed by atoms with Crippen molar-refractivity contribution in [3.05, 3.63) is 29.6 Å². The van der Waals surface area contributed by atoms with Crippen molar-refractivity contribution in [3.63, 3.8) is 0 Å². The van der Waals surface area contributed by atoms with E-state index in [9.17, 15) is 4.39 Å². The van der Waals surface area contributed by atoms with Gasteiger partial charge in [0.15, 0.2) is 11.6 Å². The molecular weight excluding hydrogens is 253 g/mol. The summed E-state index contributed by atoms with van der Waals surface area (Å²) in [5.41, 5.74) is 0.728. The molecule has 1 aliphatic carbocycles. The molecule has 0 saturated heterocycles. The molecular formula is C17H26FNO. The van der Waals surface area contributed by atoms with Crippen LogP contribution in [-0.4, -0.2) is 18.7 Å². The van der Waals surface area contributed by atoms with Crippen LogP contribution in [-0.2, 0) is 0 Å². The molecule has 112 valence electrons. The minimum absolute atomic E-state index is 0.0886. The van der Waals surface area contributed by atoms with Gasteiger partial charge >= 0.3 is 0 Å². The number of ether oxygens (including phenoxy) is 1. The number of aryl methyl sites for hydroxylation is 1. The van der Waals surface area contributed by atoms with E-state index < -0.39 is 0 Å². The summed E-state index contributed by atoms with van der Waals surface area (Å²) in [7, 11) is 0. The maximum Gasteiger partial charge on any atom is 0.167 e. The van der Waals surface area contributed by atoms with Crippen LogP contribution in [0.1, 0.15) is 45.6 Å². The van der Waals surface area contributed by atoms with Crippen molar-refractivity contribution in [3.8, 4) is 5.75 Å². The smallest absolute Gasteiger partial charge is 0.167 e. The van der Waals surface area contributed by atoms with E-state index in [4.69, 9.17) is 4.74 Å². The highest BCUT2D eigenvalue weighted by molar-refractivity contribution is 5.31. The summed E-state index contributed by atoms with van der Waals surface area (Å²) in [5, 5.41) is 3.58. The van der Waals surface area contributed by atoms with Crippen LogP contribution in [0.15, 0.2) is 18.2 Å². The molecule has 2 rings (SSSR count). The number of hydrogen-bond acceptors (Lipinski definition) is 2. The fourth-order valence-corrected chi connectivity index (χ4v) is 2.97. The highest BCUT2D eigenvalue weighted by atomic mass is 19.1. The molecule has 0 amide bonds.